The van der Waals surface area contributed by atoms with Gasteiger partial charge in [-0.3, -0.25) is 4.99 Å². The van der Waals surface area contributed by atoms with Crippen molar-refractivity contribution in [3.05, 3.63) is 35.6 Å². The van der Waals surface area contributed by atoms with E-state index in [1.807, 2.05) is 6.08 Å². The van der Waals surface area contributed by atoms with Crippen LogP contribution in [0.5, 0.6) is 0 Å². The van der Waals surface area contributed by atoms with Gasteiger partial charge in [0.1, 0.15) is 0 Å². The summed E-state index contributed by atoms with van der Waals surface area (Å²) < 4.78 is 0. The predicted molar refractivity (Wildman–Crippen MR) is 59.2 cm³/mol. The molecule has 3 rings (SSSR count). The largest absolute Gasteiger partial charge is 0.256 e. The molecular weight excluding hydrogens is 184 g/mol. The molecule has 2 nitrogen and oxygen atoms in total. The van der Waals surface area contributed by atoms with Crippen LogP contribution in [0.1, 0.15) is 19.3 Å². The normalized spacial score (nSPS) is 32.1. The summed E-state index contributed by atoms with van der Waals surface area (Å²) in [5.74, 6) is 0.412. The van der Waals surface area contributed by atoms with Gasteiger partial charge in [0, 0.05) is 5.92 Å². The van der Waals surface area contributed by atoms with Crippen LogP contribution in [0.15, 0.2) is 40.6 Å². The maximum atomic E-state index is 9.08. The monoisotopic (exact) mass is 196 g/mol. The minimum absolute atomic E-state index is 0.0358. The molecule has 0 aromatic rings. The van der Waals surface area contributed by atoms with Gasteiger partial charge in [-0.1, -0.05) is 18.2 Å². The first kappa shape index (κ1) is 8.67. The minimum atomic E-state index is 0.0358. The lowest BCUT2D eigenvalue weighted by atomic mass is 9.82. The van der Waals surface area contributed by atoms with Crippen LogP contribution < -0.4 is 0 Å². The van der Waals surface area contributed by atoms with Crippen LogP contribution in [0.3, 0.4) is 0 Å². The molecule has 2 aliphatic carbocycles. The molecule has 0 aromatic heterocycles. The van der Waals surface area contributed by atoms with E-state index in [0.717, 1.165) is 30.7 Å². The van der Waals surface area contributed by atoms with Crippen LogP contribution >= 0.6 is 0 Å². The molecule has 0 radical (unpaired) electrons. The van der Waals surface area contributed by atoms with E-state index in [2.05, 4.69) is 29.3 Å². The molecule has 0 N–H and O–H groups in total. The first-order valence-electron chi connectivity index (χ1n) is 5.46. The molecule has 15 heavy (non-hydrogen) atoms. The van der Waals surface area contributed by atoms with Gasteiger partial charge in [0.05, 0.1) is 23.4 Å². The minimum Gasteiger partial charge on any atom is -0.256 e. The molecule has 2 heteroatoms. The molecule has 1 heterocycles. The highest BCUT2D eigenvalue weighted by molar-refractivity contribution is 6.03. The molecule has 0 fully saturated rings. The van der Waals surface area contributed by atoms with E-state index < -0.39 is 0 Å². The lowest BCUT2D eigenvalue weighted by Crippen LogP contribution is -2.13. The van der Waals surface area contributed by atoms with Crippen molar-refractivity contribution in [2.24, 2.45) is 16.8 Å². The van der Waals surface area contributed by atoms with Crippen molar-refractivity contribution in [1.82, 2.24) is 0 Å². The first-order chi connectivity index (χ1) is 7.40. The number of hydrogen-bond acceptors (Lipinski definition) is 2. The summed E-state index contributed by atoms with van der Waals surface area (Å²) in [5.41, 5.74) is 3.59. The van der Waals surface area contributed by atoms with Crippen molar-refractivity contribution in [2.75, 3.05) is 0 Å². The average Bonchev–Trinajstić information content (AvgIpc) is 2.67. The predicted octanol–water partition coefficient (Wildman–Crippen LogP) is 2.76. The van der Waals surface area contributed by atoms with E-state index in [1.54, 1.807) is 0 Å². The van der Waals surface area contributed by atoms with E-state index in [4.69, 9.17) is 5.26 Å². The summed E-state index contributed by atoms with van der Waals surface area (Å²) in [6.07, 6.45) is 11.6. The van der Waals surface area contributed by atoms with Crippen molar-refractivity contribution in [2.45, 2.75) is 19.3 Å². The van der Waals surface area contributed by atoms with Crippen molar-refractivity contribution >= 4 is 5.71 Å². The lowest BCUT2D eigenvalue weighted by molar-refractivity contribution is 0.576. The van der Waals surface area contributed by atoms with E-state index in [1.165, 1.54) is 5.57 Å². The average molecular weight is 196 g/mol. The zero-order chi connectivity index (χ0) is 10.3. The third-order valence-electron chi connectivity index (χ3n) is 3.38. The summed E-state index contributed by atoms with van der Waals surface area (Å²) in [5, 5.41) is 9.08. The van der Waals surface area contributed by atoms with Gasteiger partial charge in [-0.15, -0.1) is 0 Å². The lowest BCUT2D eigenvalue weighted by Gasteiger charge is -2.20. The summed E-state index contributed by atoms with van der Waals surface area (Å²) in [7, 11) is 0. The van der Waals surface area contributed by atoms with Crippen molar-refractivity contribution in [1.29, 1.82) is 5.26 Å². The summed E-state index contributed by atoms with van der Waals surface area (Å²) in [6, 6.07) is 2.37. The maximum Gasteiger partial charge on any atom is 0.0884 e. The SMILES string of the molecule is N#C[C@@H]1CCCC2=C1N=C1C=CC=C[C@@H]12. The molecule has 0 saturated heterocycles. The Bertz CT molecular complexity index is 457. The van der Waals surface area contributed by atoms with E-state index in [9.17, 15) is 0 Å². The Hall–Kier alpha value is -1.62. The van der Waals surface area contributed by atoms with Crippen molar-refractivity contribution in [3.63, 3.8) is 0 Å². The number of aliphatic imine (C=N–C) groups is 1. The molecule has 0 saturated carbocycles. The highest BCUT2D eigenvalue weighted by atomic mass is 14.8. The Morgan fingerprint density at radius 1 is 1.40 bits per heavy atom. The third kappa shape index (κ3) is 1.20. The molecule has 0 aromatic carbocycles. The van der Waals surface area contributed by atoms with E-state index in [0.29, 0.717) is 5.92 Å². The Balaban J connectivity index is 2.06. The van der Waals surface area contributed by atoms with Gasteiger partial charge in [-0.25, -0.2) is 0 Å². The number of hydrogen-bond donors (Lipinski definition) is 0. The fourth-order valence-electron chi connectivity index (χ4n) is 2.65. The fourth-order valence-corrected chi connectivity index (χ4v) is 2.65. The third-order valence-corrected chi connectivity index (χ3v) is 3.38. The van der Waals surface area contributed by atoms with Gasteiger partial charge in [0.2, 0.25) is 0 Å². The van der Waals surface area contributed by atoms with Gasteiger partial charge in [-0.2, -0.15) is 5.26 Å². The van der Waals surface area contributed by atoms with Crippen LogP contribution in [0, 0.1) is 23.2 Å². The standard InChI is InChI=1S/C13H12N2/c14-8-9-4-3-6-11-10-5-1-2-7-12(10)15-13(9)11/h1-2,5,7,9-10H,3-4,6H2/t9-,10+/m0/s1. The van der Waals surface area contributed by atoms with Crippen LogP contribution in [-0.2, 0) is 0 Å². The summed E-state index contributed by atoms with van der Waals surface area (Å²) in [6.45, 7) is 0. The van der Waals surface area contributed by atoms with Crippen LogP contribution in [0.4, 0.5) is 0 Å². The van der Waals surface area contributed by atoms with Crippen LogP contribution in [0.25, 0.3) is 0 Å². The molecular formula is C13H12N2. The molecule has 2 atom stereocenters. The number of nitrogens with zero attached hydrogens (tertiary/aromatic N) is 2. The second kappa shape index (κ2) is 3.20. The molecule has 0 spiro atoms. The van der Waals surface area contributed by atoms with Gasteiger partial charge >= 0.3 is 0 Å². The highest BCUT2D eigenvalue weighted by Crippen LogP contribution is 2.41. The van der Waals surface area contributed by atoms with Crippen LogP contribution in [0.2, 0.25) is 0 Å². The number of rotatable bonds is 0. The van der Waals surface area contributed by atoms with E-state index in [-0.39, 0.29) is 5.92 Å². The maximum absolute atomic E-state index is 9.08. The zero-order valence-corrected chi connectivity index (χ0v) is 8.48. The quantitative estimate of drug-likeness (QED) is 0.586. The Morgan fingerprint density at radius 2 is 2.33 bits per heavy atom. The second-order valence-corrected chi connectivity index (χ2v) is 4.24. The first-order valence-corrected chi connectivity index (χ1v) is 5.46. The summed E-state index contributed by atoms with van der Waals surface area (Å²) >= 11 is 0. The van der Waals surface area contributed by atoms with Gasteiger partial charge < -0.3 is 0 Å². The van der Waals surface area contributed by atoms with Gasteiger partial charge in [0.15, 0.2) is 0 Å². The van der Waals surface area contributed by atoms with Gasteiger partial charge in [0.25, 0.3) is 0 Å². The number of allylic oxidation sites excluding steroid dienone is 6. The zero-order valence-electron chi connectivity index (χ0n) is 8.48. The summed E-state index contributed by atoms with van der Waals surface area (Å²) in [4.78, 5) is 4.62. The van der Waals surface area contributed by atoms with E-state index >= 15 is 0 Å². The molecule has 74 valence electrons. The topological polar surface area (TPSA) is 36.1 Å². The molecule has 1 aliphatic heterocycles. The number of fused-ring (bicyclic) bond motifs is 2. The Labute approximate surface area is 89.3 Å². The Morgan fingerprint density at radius 3 is 3.20 bits per heavy atom. The van der Waals surface area contributed by atoms with Crippen molar-refractivity contribution in [3.8, 4) is 6.07 Å². The van der Waals surface area contributed by atoms with Gasteiger partial charge in [-0.05, 0) is 30.9 Å². The second-order valence-electron chi connectivity index (χ2n) is 4.24. The Kier molecular flexibility index (Phi) is 1.85. The fraction of sp³-hybridized carbons (Fsp3) is 0.385. The number of nitriles is 1. The van der Waals surface area contributed by atoms with Crippen LogP contribution in [-0.4, -0.2) is 5.71 Å². The molecule has 3 aliphatic rings. The van der Waals surface area contributed by atoms with Crippen molar-refractivity contribution < 1.29 is 0 Å². The molecule has 0 amide bonds. The molecule has 0 unspecified atom stereocenters. The highest BCUT2D eigenvalue weighted by Gasteiger charge is 2.33. The molecule has 0 bridgehead atoms. The smallest absolute Gasteiger partial charge is 0.0884 e.